The molecule has 0 heterocycles. The van der Waals surface area contributed by atoms with Crippen LogP contribution in [0.5, 0.6) is 11.5 Å². The van der Waals surface area contributed by atoms with Crippen molar-refractivity contribution in [3.05, 3.63) is 95.6 Å². The molecule has 0 spiro atoms. The van der Waals surface area contributed by atoms with Gasteiger partial charge in [-0.15, -0.1) is 0 Å². The summed E-state index contributed by atoms with van der Waals surface area (Å²) in [6.07, 6.45) is -1.41. The Kier molecular flexibility index (Phi) is 14.8. The predicted octanol–water partition coefficient (Wildman–Crippen LogP) is 5.65. The molecule has 2 N–H and O–H groups in total. The Morgan fingerprint density at radius 3 is 1.40 bits per heavy atom. The van der Waals surface area contributed by atoms with E-state index in [-0.39, 0.29) is 13.2 Å². The van der Waals surface area contributed by atoms with Gasteiger partial charge in [-0.1, -0.05) is 82.3 Å². The molecule has 0 radical (unpaired) electrons. The second-order valence-corrected chi connectivity index (χ2v) is 11.3. The van der Waals surface area contributed by atoms with Crippen LogP contribution < -0.4 is 9.47 Å². The monoisotopic (exact) mass is 579 g/mol. The number of hydrogen-bond acceptors (Lipinski definition) is 7. The zero-order valence-electron chi connectivity index (χ0n) is 25.7. The molecule has 230 valence electrons. The molecule has 0 aliphatic heterocycles. The van der Waals surface area contributed by atoms with Crippen molar-refractivity contribution >= 4 is 0 Å². The minimum absolute atomic E-state index is 0.184. The molecule has 0 aromatic heterocycles. The highest BCUT2D eigenvalue weighted by atomic mass is 16.5. The summed E-state index contributed by atoms with van der Waals surface area (Å²) in [6, 6.07) is 26.2. The van der Waals surface area contributed by atoms with E-state index in [0.29, 0.717) is 57.9 Å². The van der Waals surface area contributed by atoms with Crippen LogP contribution in [-0.2, 0) is 16.0 Å². The maximum Gasteiger partial charge on any atom is 0.119 e. The van der Waals surface area contributed by atoms with Gasteiger partial charge in [-0.25, -0.2) is 0 Å². The van der Waals surface area contributed by atoms with E-state index < -0.39 is 12.2 Å². The summed E-state index contributed by atoms with van der Waals surface area (Å²) in [5.74, 6) is 2.58. The Labute approximate surface area is 252 Å². The standard InChI is InChI=1S/C35H49NO6/c1-27(2)30-10-14-34(15-11-30)41-20-18-39-25-32(37)23-36(22-29-8-6-5-7-9-29)24-33(38)26-40-19-21-42-35-16-12-31(13-17-35)28(3)4/h5-17,27-28,32-33,37-38H,18-26H2,1-4H3. The molecule has 0 saturated heterocycles. The van der Waals surface area contributed by atoms with E-state index in [1.807, 2.05) is 59.5 Å². The Morgan fingerprint density at radius 1 is 0.571 bits per heavy atom. The highest BCUT2D eigenvalue weighted by Crippen LogP contribution is 2.19. The maximum atomic E-state index is 10.7. The van der Waals surface area contributed by atoms with E-state index in [1.165, 1.54) is 11.1 Å². The van der Waals surface area contributed by atoms with E-state index in [1.54, 1.807) is 0 Å². The largest absolute Gasteiger partial charge is 0.491 e. The summed E-state index contributed by atoms with van der Waals surface area (Å²) in [5, 5.41) is 21.3. The number of hydrogen-bond donors (Lipinski definition) is 2. The van der Waals surface area contributed by atoms with Crippen molar-refractivity contribution in [2.45, 2.75) is 58.3 Å². The molecule has 2 atom stereocenters. The Morgan fingerprint density at radius 2 is 1.00 bits per heavy atom. The van der Waals surface area contributed by atoms with Crippen molar-refractivity contribution in [3.8, 4) is 11.5 Å². The van der Waals surface area contributed by atoms with Crippen LogP contribution in [0.15, 0.2) is 78.9 Å². The van der Waals surface area contributed by atoms with Gasteiger partial charge in [-0.3, -0.25) is 4.90 Å². The minimum atomic E-state index is -0.706. The van der Waals surface area contributed by atoms with Gasteiger partial charge in [0, 0.05) is 19.6 Å². The van der Waals surface area contributed by atoms with Crippen molar-refractivity contribution < 1.29 is 29.2 Å². The molecule has 0 aliphatic carbocycles. The summed E-state index contributed by atoms with van der Waals surface area (Å²) in [5.41, 5.74) is 3.65. The van der Waals surface area contributed by atoms with Gasteiger partial charge in [0.15, 0.2) is 0 Å². The van der Waals surface area contributed by atoms with Crippen LogP contribution in [0.25, 0.3) is 0 Å². The average Bonchev–Trinajstić information content (AvgIpc) is 2.97. The lowest BCUT2D eigenvalue weighted by molar-refractivity contribution is -0.0181. The molecule has 0 saturated carbocycles. The second kappa shape index (κ2) is 18.6. The fourth-order valence-corrected chi connectivity index (χ4v) is 4.52. The average molecular weight is 580 g/mol. The third-order valence-corrected chi connectivity index (χ3v) is 6.89. The lowest BCUT2D eigenvalue weighted by atomic mass is 10.0. The summed E-state index contributed by atoms with van der Waals surface area (Å²) >= 11 is 0. The smallest absolute Gasteiger partial charge is 0.119 e. The highest BCUT2D eigenvalue weighted by Gasteiger charge is 2.17. The SMILES string of the molecule is CC(C)c1ccc(OCCOCC(O)CN(Cc2ccccc2)CC(O)COCCOc2ccc(C(C)C)cc2)cc1. The summed E-state index contributed by atoms with van der Waals surface area (Å²) in [4.78, 5) is 2.02. The van der Waals surface area contributed by atoms with E-state index in [4.69, 9.17) is 18.9 Å². The van der Waals surface area contributed by atoms with Crippen molar-refractivity contribution in [2.75, 3.05) is 52.7 Å². The van der Waals surface area contributed by atoms with Crippen LogP contribution in [0.4, 0.5) is 0 Å². The van der Waals surface area contributed by atoms with Crippen molar-refractivity contribution in [1.82, 2.24) is 4.90 Å². The van der Waals surface area contributed by atoms with E-state index in [0.717, 1.165) is 17.1 Å². The molecule has 0 amide bonds. The lowest BCUT2D eigenvalue weighted by Gasteiger charge is -2.27. The first-order chi connectivity index (χ1) is 20.3. The number of nitrogens with zero attached hydrogens (tertiary/aromatic N) is 1. The Balaban J connectivity index is 1.36. The predicted molar refractivity (Wildman–Crippen MR) is 167 cm³/mol. The molecule has 2 unspecified atom stereocenters. The van der Waals surface area contributed by atoms with Crippen molar-refractivity contribution in [3.63, 3.8) is 0 Å². The first-order valence-electron chi connectivity index (χ1n) is 15.0. The Bertz CT molecular complexity index is 1040. The molecular weight excluding hydrogens is 530 g/mol. The normalized spacial score (nSPS) is 13.1. The van der Waals surface area contributed by atoms with Gasteiger partial charge in [0.1, 0.15) is 24.7 Å². The molecule has 7 nitrogen and oxygen atoms in total. The van der Waals surface area contributed by atoms with Gasteiger partial charge in [0.05, 0.1) is 38.6 Å². The van der Waals surface area contributed by atoms with E-state index in [2.05, 4.69) is 52.0 Å². The number of aliphatic hydroxyl groups excluding tert-OH is 2. The van der Waals surface area contributed by atoms with Gasteiger partial charge in [0.2, 0.25) is 0 Å². The van der Waals surface area contributed by atoms with Gasteiger partial charge >= 0.3 is 0 Å². The maximum absolute atomic E-state index is 10.7. The fraction of sp³-hybridized carbons (Fsp3) is 0.486. The van der Waals surface area contributed by atoms with Crippen LogP contribution in [0.2, 0.25) is 0 Å². The molecule has 3 rings (SSSR count). The number of aliphatic hydroxyl groups is 2. The third kappa shape index (κ3) is 12.9. The minimum Gasteiger partial charge on any atom is -0.491 e. The van der Waals surface area contributed by atoms with Gasteiger partial charge in [0.25, 0.3) is 0 Å². The van der Waals surface area contributed by atoms with E-state index >= 15 is 0 Å². The molecule has 0 bridgehead atoms. The number of ether oxygens (including phenoxy) is 4. The van der Waals surface area contributed by atoms with Crippen LogP contribution in [0.3, 0.4) is 0 Å². The number of benzene rings is 3. The summed E-state index contributed by atoms with van der Waals surface area (Å²) in [7, 11) is 0. The highest BCUT2D eigenvalue weighted by molar-refractivity contribution is 5.29. The van der Waals surface area contributed by atoms with Crippen LogP contribution in [0, 0.1) is 0 Å². The molecule has 42 heavy (non-hydrogen) atoms. The molecule has 7 heteroatoms. The fourth-order valence-electron chi connectivity index (χ4n) is 4.52. The topological polar surface area (TPSA) is 80.6 Å². The van der Waals surface area contributed by atoms with Crippen LogP contribution >= 0.6 is 0 Å². The summed E-state index contributed by atoms with van der Waals surface area (Å²) < 4.78 is 22.9. The first kappa shape index (κ1) is 33.6. The zero-order valence-corrected chi connectivity index (χ0v) is 25.7. The van der Waals surface area contributed by atoms with Crippen molar-refractivity contribution in [2.24, 2.45) is 0 Å². The Hall–Kier alpha value is -2.94. The van der Waals surface area contributed by atoms with Crippen molar-refractivity contribution in [1.29, 1.82) is 0 Å². The first-order valence-corrected chi connectivity index (χ1v) is 15.0. The number of rotatable bonds is 20. The molecule has 0 aliphatic rings. The van der Waals surface area contributed by atoms with E-state index in [9.17, 15) is 10.2 Å². The molecule has 3 aromatic rings. The van der Waals surface area contributed by atoms with Gasteiger partial charge < -0.3 is 29.2 Å². The molecule has 3 aromatic carbocycles. The quantitative estimate of drug-likeness (QED) is 0.168. The lowest BCUT2D eigenvalue weighted by Crippen LogP contribution is -2.40. The van der Waals surface area contributed by atoms with Crippen LogP contribution in [-0.4, -0.2) is 80.1 Å². The van der Waals surface area contributed by atoms with Crippen LogP contribution in [0.1, 0.15) is 56.2 Å². The second-order valence-electron chi connectivity index (χ2n) is 11.3. The molecule has 0 fully saturated rings. The summed E-state index contributed by atoms with van der Waals surface area (Å²) in [6.45, 7) is 11.9. The van der Waals surface area contributed by atoms with Gasteiger partial charge in [-0.05, 0) is 52.8 Å². The zero-order chi connectivity index (χ0) is 30.2. The third-order valence-electron chi connectivity index (χ3n) is 6.89. The van der Waals surface area contributed by atoms with Gasteiger partial charge in [-0.2, -0.15) is 0 Å². The molecular formula is C35H49NO6.